The number of aromatic nitrogens is 2. The Hall–Kier alpha value is -0.590. The van der Waals surface area contributed by atoms with Crippen molar-refractivity contribution in [3.05, 3.63) is 31.5 Å². The van der Waals surface area contributed by atoms with Gasteiger partial charge in [0.15, 0.2) is 0 Å². The summed E-state index contributed by atoms with van der Waals surface area (Å²) in [6, 6.07) is 0. The lowest BCUT2D eigenvalue weighted by atomic mass is 10.2. The third-order valence-corrected chi connectivity index (χ3v) is 3.09. The molecule has 1 saturated heterocycles. The van der Waals surface area contributed by atoms with Gasteiger partial charge in [-0.25, -0.2) is 18.5 Å². The number of phosphoric acid groups is 3. The normalized spacial score (nSPS) is 18.5. The fourth-order valence-corrected chi connectivity index (χ4v) is 2.02. The zero-order chi connectivity index (χ0) is 25.2. The van der Waals surface area contributed by atoms with Gasteiger partial charge >= 0.3 is 29.2 Å². The van der Waals surface area contributed by atoms with Gasteiger partial charge in [-0.05, 0) is 28.8 Å². The van der Waals surface area contributed by atoms with Crippen LogP contribution >= 0.6 is 39.4 Å². The van der Waals surface area contributed by atoms with Crippen molar-refractivity contribution in [2.75, 3.05) is 6.61 Å². The van der Waals surface area contributed by atoms with Gasteiger partial charge in [0.05, 0.1) is 17.2 Å². The molecule has 1 aromatic rings. The summed E-state index contributed by atoms with van der Waals surface area (Å²) in [5, 5.41) is 8.92. The number of halogens is 1. The molecule has 0 aliphatic carbocycles. The number of aliphatic hydroxyl groups is 1. The summed E-state index contributed by atoms with van der Waals surface area (Å²) in [6.07, 6.45) is 2.10. The van der Waals surface area contributed by atoms with Crippen LogP contribution in [0, 0.1) is 0 Å². The molecule has 2 heterocycles. The highest BCUT2D eigenvalue weighted by Gasteiger charge is 2.26. The molecule has 2 atom stereocenters. The van der Waals surface area contributed by atoms with Gasteiger partial charge < -0.3 is 53.9 Å². The lowest BCUT2D eigenvalue weighted by Crippen LogP contribution is -2.32. The van der Waals surface area contributed by atoms with E-state index in [0.29, 0.717) is 12.8 Å². The second-order valence-electron chi connectivity index (χ2n) is 5.16. The molecule has 1 aliphatic heterocycles. The number of rotatable bonds is 2. The average molecular weight is 585 g/mol. The van der Waals surface area contributed by atoms with Gasteiger partial charge in [0.25, 0.3) is 5.56 Å². The summed E-state index contributed by atoms with van der Waals surface area (Å²) < 4.78 is 33.7. The first-order valence-corrected chi connectivity index (χ1v) is 12.7. The van der Waals surface area contributed by atoms with Crippen LogP contribution in [-0.4, -0.2) is 71.4 Å². The fraction of sp³-hybridized carbons (Fsp3) is 0.556. The lowest BCUT2D eigenvalue weighted by molar-refractivity contribution is -0.0247. The van der Waals surface area contributed by atoms with E-state index < -0.39 is 40.9 Å². The molecule has 0 saturated carbocycles. The molecule has 22 heteroatoms. The first kappa shape index (κ1) is 32.6. The van der Waals surface area contributed by atoms with Crippen LogP contribution < -0.4 is 11.2 Å². The Morgan fingerprint density at radius 2 is 1.32 bits per heavy atom. The largest absolute Gasteiger partial charge is 0.466 e. The molecule has 0 amide bonds. The van der Waals surface area contributed by atoms with Crippen LogP contribution in [0.1, 0.15) is 19.1 Å². The molecule has 0 unspecified atom stereocenters. The SMILES string of the molecule is O=P(O)(O)O.O=P(O)(O)O.O=P(O)(O)O.O=c1[nH]c(=O)n([C@H]2CC[C@@H](CO)O2)cc1Br. The number of H-pyrrole nitrogens is 1. The molecule has 0 spiro atoms. The van der Waals surface area contributed by atoms with Crippen LogP contribution in [-0.2, 0) is 18.4 Å². The van der Waals surface area contributed by atoms with E-state index in [9.17, 15) is 9.59 Å². The van der Waals surface area contributed by atoms with Crippen molar-refractivity contribution in [2.24, 2.45) is 0 Å². The van der Waals surface area contributed by atoms with Gasteiger partial charge in [-0.1, -0.05) is 0 Å². The minimum Gasteiger partial charge on any atom is -0.394 e. The van der Waals surface area contributed by atoms with E-state index in [-0.39, 0.29) is 17.2 Å². The second-order valence-corrected chi connectivity index (χ2v) is 9.09. The van der Waals surface area contributed by atoms with E-state index in [4.69, 9.17) is 67.6 Å². The molecule has 18 nitrogen and oxygen atoms in total. The van der Waals surface area contributed by atoms with Crippen LogP contribution in [0.2, 0.25) is 0 Å². The zero-order valence-electron chi connectivity index (χ0n) is 14.9. The first-order valence-electron chi connectivity index (χ1n) is 7.24. The van der Waals surface area contributed by atoms with Gasteiger partial charge in [0.1, 0.15) is 6.23 Å². The second kappa shape index (κ2) is 13.8. The molecular weight excluding hydrogens is 565 g/mol. The van der Waals surface area contributed by atoms with Gasteiger partial charge in [0.2, 0.25) is 0 Å². The van der Waals surface area contributed by atoms with Crippen molar-refractivity contribution in [1.29, 1.82) is 0 Å². The molecule has 0 bridgehead atoms. The van der Waals surface area contributed by atoms with Gasteiger partial charge in [0, 0.05) is 6.20 Å². The van der Waals surface area contributed by atoms with Crippen molar-refractivity contribution in [3.63, 3.8) is 0 Å². The predicted octanol–water partition coefficient (Wildman–Crippen LogP) is -2.82. The third kappa shape index (κ3) is 23.9. The van der Waals surface area contributed by atoms with Crippen LogP contribution in [0.5, 0.6) is 0 Å². The summed E-state index contributed by atoms with van der Waals surface area (Å²) in [5.74, 6) is 0. The Labute approximate surface area is 180 Å². The zero-order valence-corrected chi connectivity index (χ0v) is 19.2. The molecule has 0 aromatic carbocycles. The smallest absolute Gasteiger partial charge is 0.394 e. The molecule has 1 aliphatic rings. The van der Waals surface area contributed by atoms with E-state index in [1.54, 1.807) is 0 Å². The van der Waals surface area contributed by atoms with E-state index in [0.717, 1.165) is 0 Å². The minimum absolute atomic E-state index is 0.0597. The van der Waals surface area contributed by atoms with E-state index >= 15 is 0 Å². The van der Waals surface area contributed by atoms with E-state index in [1.165, 1.54) is 10.8 Å². The topological polar surface area (TPSA) is 318 Å². The predicted molar refractivity (Wildman–Crippen MR) is 102 cm³/mol. The molecule has 31 heavy (non-hydrogen) atoms. The minimum atomic E-state index is -4.64. The van der Waals surface area contributed by atoms with Crippen molar-refractivity contribution in [3.8, 4) is 0 Å². The third-order valence-electron chi connectivity index (χ3n) is 2.52. The lowest BCUT2D eigenvalue weighted by Gasteiger charge is -2.14. The first-order chi connectivity index (χ1) is 13.6. The number of hydrogen-bond acceptors (Lipinski definition) is 7. The highest BCUT2D eigenvalue weighted by atomic mass is 79.9. The van der Waals surface area contributed by atoms with Crippen molar-refractivity contribution in [2.45, 2.75) is 25.2 Å². The van der Waals surface area contributed by atoms with Gasteiger partial charge in [-0.15, -0.1) is 0 Å². The van der Waals surface area contributed by atoms with Crippen molar-refractivity contribution in [1.82, 2.24) is 9.55 Å². The monoisotopic (exact) mass is 584 g/mol. The van der Waals surface area contributed by atoms with Gasteiger partial charge in [-0.2, -0.15) is 0 Å². The van der Waals surface area contributed by atoms with Crippen molar-refractivity contribution >= 4 is 39.4 Å². The molecule has 11 N–H and O–H groups in total. The Morgan fingerprint density at radius 1 is 0.935 bits per heavy atom. The summed E-state index contributed by atoms with van der Waals surface area (Å²) in [7, 11) is -13.9. The number of hydrogen-bond donors (Lipinski definition) is 11. The Balaban J connectivity index is 0. The number of nitrogens with one attached hydrogen (secondary N) is 1. The van der Waals surface area contributed by atoms with E-state index in [1.807, 2.05) is 0 Å². The van der Waals surface area contributed by atoms with Crippen LogP contribution in [0.15, 0.2) is 20.3 Å². The maximum atomic E-state index is 11.5. The highest BCUT2D eigenvalue weighted by Crippen LogP contribution is 2.27. The quantitative estimate of drug-likeness (QED) is 0.156. The molecular formula is C9H20BrN2O16P3. The maximum absolute atomic E-state index is 11.5. The molecule has 1 aromatic heterocycles. The summed E-state index contributed by atoms with van der Waals surface area (Å²) in [4.78, 5) is 89.5. The highest BCUT2D eigenvalue weighted by molar-refractivity contribution is 9.10. The Bertz CT molecular complexity index is 857. The average Bonchev–Trinajstić information content (AvgIpc) is 2.94. The molecule has 184 valence electrons. The number of ether oxygens (including phenoxy) is 1. The Morgan fingerprint density at radius 3 is 1.65 bits per heavy atom. The summed E-state index contributed by atoms with van der Waals surface area (Å²) in [6.45, 7) is -0.0597. The summed E-state index contributed by atoms with van der Waals surface area (Å²) in [5.41, 5.74) is -0.963. The molecule has 2 rings (SSSR count). The number of nitrogens with zero attached hydrogens (tertiary/aromatic N) is 1. The number of aromatic amines is 1. The standard InChI is InChI=1S/C9H11BrN2O4.3H3O4P/c10-6-3-12(9(15)11-8(6)14)7-2-1-5(4-13)16-7;3*1-5(2,3)4/h3,5,7,13H,1-2,4H2,(H,11,14,15);3*(H3,1,2,3,4)/t5-,7+;;;/m0.../s1. The fourth-order valence-electron chi connectivity index (χ4n) is 1.70. The molecule has 1 fully saturated rings. The van der Waals surface area contributed by atoms with Crippen LogP contribution in [0.4, 0.5) is 0 Å². The maximum Gasteiger partial charge on any atom is 0.466 e. The van der Waals surface area contributed by atoms with Crippen LogP contribution in [0.3, 0.4) is 0 Å². The number of aliphatic hydroxyl groups excluding tert-OH is 1. The van der Waals surface area contributed by atoms with Gasteiger partial charge in [-0.3, -0.25) is 14.3 Å². The van der Waals surface area contributed by atoms with Crippen molar-refractivity contribution < 1.29 is 67.6 Å². The van der Waals surface area contributed by atoms with Crippen LogP contribution in [0.25, 0.3) is 0 Å². The Kier molecular flexibility index (Phi) is 14.6. The van der Waals surface area contributed by atoms with E-state index in [2.05, 4.69) is 20.9 Å². The molecule has 0 radical (unpaired) electrons. The summed E-state index contributed by atoms with van der Waals surface area (Å²) >= 11 is 3.05.